The molecule has 2 N–H and O–H groups in total. The van der Waals surface area contributed by atoms with Crippen LogP contribution in [-0.2, 0) is 6.54 Å². The molecule has 0 unspecified atom stereocenters. The number of methoxy groups -OCH3 is 1. The third-order valence-electron chi connectivity index (χ3n) is 4.82. The highest BCUT2D eigenvalue weighted by molar-refractivity contribution is 6.34. The van der Waals surface area contributed by atoms with Crippen LogP contribution < -0.4 is 14.8 Å². The summed E-state index contributed by atoms with van der Waals surface area (Å²) in [5.41, 5.74) is 1.03. The molecule has 33 heavy (non-hydrogen) atoms. The summed E-state index contributed by atoms with van der Waals surface area (Å²) in [6.45, 7) is 3.86. The lowest BCUT2D eigenvalue weighted by atomic mass is 9.99. The zero-order valence-corrected chi connectivity index (χ0v) is 19.1. The Balaban J connectivity index is 1.84. The fraction of sp³-hybridized carbons (Fsp3) is 0.200. The van der Waals surface area contributed by atoms with Crippen LogP contribution in [0.3, 0.4) is 0 Å². The maximum atomic E-state index is 14.7. The minimum atomic E-state index is -1.35. The second-order valence-corrected chi connectivity index (χ2v) is 7.90. The molecule has 3 rings (SSSR count). The highest BCUT2D eigenvalue weighted by atomic mass is 35.5. The Kier molecular flexibility index (Phi) is 7.55. The minimum Gasteiger partial charge on any atom is -0.496 e. The molecular formula is C25H23ClFNO5. The lowest BCUT2D eigenvalue weighted by molar-refractivity contribution is 0.0691. The van der Waals surface area contributed by atoms with Crippen LogP contribution in [0.4, 0.5) is 4.39 Å². The minimum absolute atomic E-state index is 0.0264. The van der Waals surface area contributed by atoms with Crippen molar-refractivity contribution >= 4 is 23.5 Å². The maximum Gasteiger partial charge on any atom is 0.338 e. The molecule has 0 aliphatic carbocycles. The van der Waals surface area contributed by atoms with E-state index in [4.69, 9.17) is 21.1 Å². The van der Waals surface area contributed by atoms with Crippen molar-refractivity contribution in [2.24, 2.45) is 0 Å². The first-order valence-electron chi connectivity index (χ1n) is 10.1. The molecule has 0 radical (unpaired) electrons. The lowest BCUT2D eigenvalue weighted by Crippen LogP contribution is -2.23. The standard InChI is InChI=1S/C25H23ClFNO5/c1-14(2)33-17-8-9-19(21(26)12-17)24(29)28-13-16-11-15(7-10-22(16)32-3)18-5-4-6-20(23(18)27)25(30)31/h4-12,14H,13H2,1-3H3,(H,28,29)(H,30,31). The van der Waals surface area contributed by atoms with E-state index in [-0.39, 0.29) is 28.8 Å². The summed E-state index contributed by atoms with van der Waals surface area (Å²) < 4.78 is 25.6. The summed E-state index contributed by atoms with van der Waals surface area (Å²) in [5.74, 6) is -1.53. The van der Waals surface area contributed by atoms with E-state index >= 15 is 0 Å². The van der Waals surface area contributed by atoms with Crippen LogP contribution in [0.25, 0.3) is 11.1 Å². The van der Waals surface area contributed by atoms with Gasteiger partial charge in [-0.15, -0.1) is 0 Å². The molecule has 0 fully saturated rings. The number of hydrogen-bond acceptors (Lipinski definition) is 4. The molecule has 172 valence electrons. The van der Waals surface area contributed by atoms with Gasteiger partial charge in [-0.25, -0.2) is 9.18 Å². The van der Waals surface area contributed by atoms with Gasteiger partial charge in [0.05, 0.1) is 29.4 Å². The van der Waals surface area contributed by atoms with Crippen molar-refractivity contribution in [1.29, 1.82) is 0 Å². The highest BCUT2D eigenvalue weighted by Gasteiger charge is 2.17. The average Bonchev–Trinajstić information content (AvgIpc) is 2.77. The number of hydrogen-bond donors (Lipinski definition) is 2. The Morgan fingerprint density at radius 3 is 2.48 bits per heavy atom. The molecule has 1 amide bonds. The van der Waals surface area contributed by atoms with E-state index in [2.05, 4.69) is 5.32 Å². The van der Waals surface area contributed by atoms with Gasteiger partial charge >= 0.3 is 5.97 Å². The summed E-state index contributed by atoms with van der Waals surface area (Å²) in [5, 5.41) is 12.2. The van der Waals surface area contributed by atoms with E-state index < -0.39 is 23.3 Å². The van der Waals surface area contributed by atoms with Crippen molar-refractivity contribution in [3.05, 3.63) is 82.1 Å². The van der Waals surface area contributed by atoms with Gasteiger partial charge in [0.1, 0.15) is 17.3 Å². The van der Waals surface area contributed by atoms with Crippen molar-refractivity contribution in [2.75, 3.05) is 7.11 Å². The van der Waals surface area contributed by atoms with Crippen LogP contribution in [0.2, 0.25) is 5.02 Å². The van der Waals surface area contributed by atoms with E-state index in [9.17, 15) is 19.1 Å². The zero-order chi connectivity index (χ0) is 24.1. The number of ether oxygens (including phenoxy) is 2. The van der Waals surface area contributed by atoms with Crippen molar-refractivity contribution in [2.45, 2.75) is 26.5 Å². The lowest BCUT2D eigenvalue weighted by Gasteiger charge is -2.14. The number of benzene rings is 3. The smallest absolute Gasteiger partial charge is 0.338 e. The summed E-state index contributed by atoms with van der Waals surface area (Å²) in [6, 6.07) is 13.9. The molecule has 3 aromatic carbocycles. The third kappa shape index (κ3) is 5.62. The largest absolute Gasteiger partial charge is 0.496 e. The Labute approximate surface area is 195 Å². The van der Waals surface area contributed by atoms with Gasteiger partial charge in [-0.05, 0) is 55.8 Å². The molecule has 0 heterocycles. The summed E-state index contributed by atoms with van der Waals surface area (Å²) in [6.07, 6.45) is -0.0264. The predicted octanol–water partition coefficient (Wildman–Crippen LogP) is 5.57. The maximum absolute atomic E-state index is 14.7. The number of rotatable bonds is 8. The quantitative estimate of drug-likeness (QED) is 0.448. The van der Waals surface area contributed by atoms with Gasteiger partial charge in [0.25, 0.3) is 5.91 Å². The van der Waals surface area contributed by atoms with E-state index in [0.29, 0.717) is 22.6 Å². The van der Waals surface area contributed by atoms with Gasteiger partial charge in [-0.3, -0.25) is 4.79 Å². The monoisotopic (exact) mass is 471 g/mol. The van der Waals surface area contributed by atoms with Gasteiger partial charge in [-0.2, -0.15) is 0 Å². The number of nitrogens with one attached hydrogen (secondary N) is 1. The average molecular weight is 472 g/mol. The van der Waals surface area contributed by atoms with Crippen LogP contribution in [0, 0.1) is 5.82 Å². The van der Waals surface area contributed by atoms with Gasteiger partial charge in [0.15, 0.2) is 0 Å². The fourth-order valence-corrected chi connectivity index (χ4v) is 3.56. The molecule has 0 aliphatic heterocycles. The van der Waals surface area contributed by atoms with Gasteiger partial charge < -0.3 is 19.9 Å². The Morgan fingerprint density at radius 1 is 1.09 bits per heavy atom. The molecule has 0 saturated heterocycles. The number of amides is 1. The predicted molar refractivity (Wildman–Crippen MR) is 124 cm³/mol. The normalized spacial score (nSPS) is 10.7. The van der Waals surface area contributed by atoms with Crippen molar-refractivity contribution in [1.82, 2.24) is 5.32 Å². The topological polar surface area (TPSA) is 84.9 Å². The highest BCUT2D eigenvalue weighted by Crippen LogP contribution is 2.30. The van der Waals surface area contributed by atoms with E-state index in [1.54, 1.807) is 36.4 Å². The third-order valence-corrected chi connectivity index (χ3v) is 5.13. The van der Waals surface area contributed by atoms with Crippen LogP contribution in [-0.4, -0.2) is 30.2 Å². The molecule has 0 atom stereocenters. The van der Waals surface area contributed by atoms with Crippen LogP contribution >= 0.6 is 11.6 Å². The number of carboxylic acid groups (broad SMARTS) is 1. The molecule has 3 aromatic rings. The molecule has 0 aliphatic rings. The molecule has 0 spiro atoms. The second kappa shape index (κ2) is 10.4. The van der Waals surface area contributed by atoms with Crippen molar-refractivity contribution in [3.63, 3.8) is 0 Å². The SMILES string of the molecule is COc1ccc(-c2cccc(C(=O)O)c2F)cc1CNC(=O)c1ccc(OC(C)C)cc1Cl. The molecule has 0 aromatic heterocycles. The number of carbonyl (C=O) groups excluding carboxylic acids is 1. The fourth-order valence-electron chi connectivity index (χ4n) is 3.30. The molecule has 6 nitrogen and oxygen atoms in total. The molecule has 0 bridgehead atoms. The van der Waals surface area contributed by atoms with Crippen LogP contribution in [0.1, 0.15) is 40.1 Å². The van der Waals surface area contributed by atoms with Gasteiger partial charge in [0.2, 0.25) is 0 Å². The first-order valence-corrected chi connectivity index (χ1v) is 10.5. The Bertz CT molecular complexity index is 1200. The second-order valence-electron chi connectivity index (χ2n) is 7.49. The molecule has 0 saturated carbocycles. The van der Waals surface area contributed by atoms with Crippen LogP contribution in [0.5, 0.6) is 11.5 Å². The van der Waals surface area contributed by atoms with Crippen molar-refractivity contribution < 1.29 is 28.6 Å². The first kappa shape index (κ1) is 24.1. The molecule has 8 heteroatoms. The first-order chi connectivity index (χ1) is 15.7. The van der Waals surface area contributed by atoms with Crippen molar-refractivity contribution in [3.8, 4) is 22.6 Å². The van der Waals surface area contributed by atoms with E-state index in [1.807, 2.05) is 13.8 Å². The number of aromatic carboxylic acids is 1. The van der Waals surface area contributed by atoms with Crippen LogP contribution in [0.15, 0.2) is 54.6 Å². The Morgan fingerprint density at radius 2 is 1.85 bits per heavy atom. The summed E-state index contributed by atoms with van der Waals surface area (Å²) in [4.78, 5) is 24.0. The zero-order valence-electron chi connectivity index (χ0n) is 18.3. The number of halogens is 2. The molecular weight excluding hydrogens is 449 g/mol. The number of carboxylic acids is 1. The van der Waals surface area contributed by atoms with Gasteiger partial charge in [-0.1, -0.05) is 29.8 Å². The summed E-state index contributed by atoms with van der Waals surface area (Å²) >= 11 is 6.26. The van der Waals surface area contributed by atoms with E-state index in [1.165, 1.54) is 25.3 Å². The Hall–Kier alpha value is -3.58. The summed E-state index contributed by atoms with van der Waals surface area (Å²) in [7, 11) is 1.48. The van der Waals surface area contributed by atoms with E-state index in [0.717, 1.165) is 0 Å². The number of carbonyl (C=O) groups is 2. The van der Waals surface area contributed by atoms with Gasteiger partial charge in [0, 0.05) is 17.7 Å².